The molecule has 3 aliphatic rings. The summed E-state index contributed by atoms with van der Waals surface area (Å²) in [7, 11) is 1.83. The van der Waals surface area contributed by atoms with Gasteiger partial charge in [-0.1, -0.05) is 18.2 Å². The second-order valence-corrected chi connectivity index (χ2v) is 11.5. The number of nitrogens with zero attached hydrogens (tertiary/aromatic N) is 2. The molecule has 3 aliphatic carbocycles. The Morgan fingerprint density at radius 1 is 1.18 bits per heavy atom. The Balaban J connectivity index is 1.36. The van der Waals surface area contributed by atoms with Crippen molar-refractivity contribution in [3.05, 3.63) is 59.9 Å². The van der Waals surface area contributed by atoms with Crippen LogP contribution in [0.3, 0.4) is 0 Å². The van der Waals surface area contributed by atoms with Crippen LogP contribution < -0.4 is 10.6 Å². The van der Waals surface area contributed by atoms with Crippen LogP contribution in [-0.4, -0.2) is 52.2 Å². The summed E-state index contributed by atoms with van der Waals surface area (Å²) < 4.78 is 13.4. The minimum atomic E-state index is -1.10. The Bertz CT molecular complexity index is 1450. The number of aromatic nitrogens is 2. The summed E-state index contributed by atoms with van der Waals surface area (Å²) >= 11 is 0. The van der Waals surface area contributed by atoms with Crippen molar-refractivity contribution < 1.29 is 18.8 Å². The maximum Gasteiger partial charge on any atom is 0.231 e. The van der Waals surface area contributed by atoms with E-state index in [4.69, 9.17) is 0 Å². The number of aromatic amines is 1. The summed E-state index contributed by atoms with van der Waals surface area (Å²) in [4.78, 5) is 49.0. The van der Waals surface area contributed by atoms with E-state index in [1.807, 2.05) is 44.3 Å². The highest BCUT2D eigenvalue weighted by atomic mass is 19.1. The van der Waals surface area contributed by atoms with Crippen LogP contribution in [-0.2, 0) is 16.0 Å². The Morgan fingerprint density at radius 3 is 2.62 bits per heavy atom. The highest BCUT2D eigenvalue weighted by Gasteiger charge is 2.46. The number of amides is 2. The zero-order chi connectivity index (χ0) is 27.3. The molecule has 1 aromatic carbocycles. The van der Waals surface area contributed by atoms with Crippen LogP contribution in [0.4, 0.5) is 21.6 Å². The number of H-pyrrole nitrogens is 1. The van der Waals surface area contributed by atoms with Gasteiger partial charge in [0.05, 0.1) is 28.3 Å². The largest absolute Gasteiger partial charge is 0.356 e. The lowest BCUT2D eigenvalue weighted by Gasteiger charge is -2.35. The van der Waals surface area contributed by atoms with E-state index in [1.54, 1.807) is 23.2 Å². The number of Topliss-reactive ketones (excluding diaryl/α,β-unsaturated/α-hetero) is 1. The van der Waals surface area contributed by atoms with Crippen molar-refractivity contribution in [2.45, 2.75) is 45.2 Å². The third kappa shape index (κ3) is 5.05. The third-order valence-corrected chi connectivity index (χ3v) is 7.96. The van der Waals surface area contributed by atoms with Crippen molar-refractivity contribution >= 4 is 34.8 Å². The number of hydrogen-bond acceptors (Lipinski definition) is 5. The molecule has 0 aliphatic heterocycles. The number of carbonyl (C=O) groups excluding carboxylic acids is 3. The molecule has 1 unspecified atom stereocenters. The summed E-state index contributed by atoms with van der Waals surface area (Å²) in [5.41, 5.74) is 3.20. The zero-order valence-electron chi connectivity index (χ0n) is 22.1. The number of carbonyl (C=O) groups is 3. The van der Waals surface area contributed by atoms with Gasteiger partial charge in [0.2, 0.25) is 11.8 Å². The van der Waals surface area contributed by atoms with E-state index in [2.05, 4.69) is 20.6 Å². The van der Waals surface area contributed by atoms with E-state index in [0.29, 0.717) is 46.4 Å². The summed E-state index contributed by atoms with van der Waals surface area (Å²) in [6.45, 7) is 2.60. The Kier molecular flexibility index (Phi) is 6.24. The van der Waals surface area contributed by atoms with Crippen LogP contribution >= 0.6 is 0 Å². The molecule has 3 aromatic rings. The first kappa shape index (κ1) is 25.3. The Morgan fingerprint density at radius 2 is 1.92 bits per heavy atom. The predicted molar refractivity (Wildman–Crippen MR) is 147 cm³/mol. The second kappa shape index (κ2) is 9.63. The highest BCUT2D eigenvalue weighted by Crippen LogP contribution is 2.45. The number of ketones is 1. The zero-order valence-corrected chi connectivity index (χ0v) is 22.1. The average molecular weight is 530 g/mol. The van der Waals surface area contributed by atoms with Crippen LogP contribution in [0.15, 0.2) is 48.7 Å². The molecule has 202 valence electrons. The highest BCUT2D eigenvalue weighted by molar-refractivity contribution is 6.10. The van der Waals surface area contributed by atoms with Gasteiger partial charge in [0.25, 0.3) is 0 Å². The van der Waals surface area contributed by atoms with E-state index in [1.165, 1.54) is 0 Å². The molecule has 8 nitrogen and oxygen atoms in total. The summed E-state index contributed by atoms with van der Waals surface area (Å²) in [5, 5.41) is 6.12. The topological polar surface area (TPSA) is 107 Å². The molecule has 3 N–H and O–H groups in total. The smallest absolute Gasteiger partial charge is 0.231 e. The number of fused-ring (bicyclic) bond motifs is 1. The first-order chi connectivity index (χ1) is 18.7. The van der Waals surface area contributed by atoms with Crippen LogP contribution in [0.5, 0.6) is 0 Å². The summed E-state index contributed by atoms with van der Waals surface area (Å²) in [5.74, 6) is -0.258. The van der Waals surface area contributed by atoms with E-state index in [9.17, 15) is 18.8 Å². The lowest BCUT2D eigenvalue weighted by atomic mass is 9.73. The normalized spacial score (nSPS) is 23.6. The fourth-order valence-corrected chi connectivity index (χ4v) is 5.59. The Labute approximate surface area is 226 Å². The molecular weight excluding hydrogens is 497 g/mol. The molecule has 0 saturated heterocycles. The molecule has 6 rings (SSSR count). The third-order valence-electron chi connectivity index (χ3n) is 7.96. The van der Waals surface area contributed by atoms with Gasteiger partial charge in [0.15, 0.2) is 5.78 Å². The first-order valence-corrected chi connectivity index (χ1v) is 13.5. The monoisotopic (exact) mass is 529 g/mol. The maximum absolute atomic E-state index is 13.7. The van der Waals surface area contributed by atoms with Gasteiger partial charge in [-0.2, -0.15) is 0 Å². The number of halogens is 1. The quantitative estimate of drug-likeness (QED) is 0.376. The van der Waals surface area contributed by atoms with Gasteiger partial charge >= 0.3 is 0 Å². The minimum Gasteiger partial charge on any atom is -0.356 e. The van der Waals surface area contributed by atoms with Gasteiger partial charge in [-0.25, -0.2) is 9.37 Å². The number of nitrogens with one attached hydrogen (secondary N) is 3. The summed E-state index contributed by atoms with van der Waals surface area (Å²) in [6, 6.07) is 13.1. The molecule has 3 atom stereocenters. The van der Waals surface area contributed by atoms with E-state index in [0.717, 1.165) is 25.1 Å². The number of benzene rings is 1. The molecule has 2 heterocycles. The molecule has 2 aromatic heterocycles. The molecule has 2 amide bonds. The second-order valence-electron chi connectivity index (χ2n) is 11.5. The fourth-order valence-electron chi connectivity index (χ4n) is 5.59. The number of para-hydroxylation sites is 1. The molecule has 0 bridgehead atoms. The van der Waals surface area contributed by atoms with Crippen molar-refractivity contribution in [2.24, 2.45) is 17.3 Å². The molecule has 0 radical (unpaired) electrons. The summed E-state index contributed by atoms with van der Waals surface area (Å²) in [6.07, 6.45) is 3.52. The predicted octanol–water partition coefficient (Wildman–Crippen LogP) is 5.12. The number of alkyl halides is 1. The van der Waals surface area contributed by atoms with Crippen molar-refractivity contribution in [2.75, 3.05) is 24.2 Å². The minimum absolute atomic E-state index is 0.0118. The average Bonchev–Trinajstić information content (AvgIpc) is 3.83. The van der Waals surface area contributed by atoms with Gasteiger partial charge in [0.1, 0.15) is 12.0 Å². The number of anilines is 3. The van der Waals surface area contributed by atoms with Crippen LogP contribution in [0.1, 0.15) is 48.7 Å². The first-order valence-electron chi connectivity index (χ1n) is 13.5. The van der Waals surface area contributed by atoms with Gasteiger partial charge in [-0.15, -0.1) is 0 Å². The fraction of sp³-hybridized carbons (Fsp3) is 0.400. The van der Waals surface area contributed by atoms with Gasteiger partial charge in [-0.3, -0.25) is 14.4 Å². The van der Waals surface area contributed by atoms with E-state index >= 15 is 0 Å². The van der Waals surface area contributed by atoms with Crippen molar-refractivity contribution in [3.63, 3.8) is 0 Å². The van der Waals surface area contributed by atoms with E-state index in [-0.39, 0.29) is 30.4 Å². The standard InChI is InChI=1S/C30H32FN5O3/c1-30(29(39)36(2)16-17-8-9-17)14-22-25(23(37)15-30)27(33-19-6-4-3-5-7-19)26(34-22)18-10-11-32-24(12-18)35-28(38)20-13-21(20)31/h3-7,10-12,17,20-21,33-34H,8-9,13-16H2,1-2H3,(H,32,35,38)/t20-,21+,30?/m1/s1. The number of rotatable bonds is 8. The van der Waals surface area contributed by atoms with Crippen molar-refractivity contribution in [3.8, 4) is 11.3 Å². The van der Waals surface area contributed by atoms with Gasteiger partial charge in [-0.05, 0) is 56.4 Å². The van der Waals surface area contributed by atoms with Crippen molar-refractivity contribution in [1.29, 1.82) is 0 Å². The van der Waals surface area contributed by atoms with Gasteiger partial charge in [0, 0.05) is 49.6 Å². The maximum atomic E-state index is 13.7. The molecule has 0 spiro atoms. The number of hydrogen-bond donors (Lipinski definition) is 3. The lowest BCUT2D eigenvalue weighted by molar-refractivity contribution is -0.140. The SMILES string of the molecule is CN(CC1CC1)C(=O)C1(C)CC(=O)c2c([nH]c(-c3ccnc(NC(=O)[C@@H]4C[C@@H]4F)c3)c2Nc2ccccc2)C1. The molecular formula is C30H32FN5O3. The van der Waals surface area contributed by atoms with Crippen LogP contribution in [0.25, 0.3) is 11.3 Å². The molecule has 9 heteroatoms. The van der Waals surface area contributed by atoms with Gasteiger partial charge < -0.3 is 20.5 Å². The molecule has 39 heavy (non-hydrogen) atoms. The van der Waals surface area contributed by atoms with Crippen molar-refractivity contribution in [1.82, 2.24) is 14.9 Å². The molecule has 2 fully saturated rings. The Hall–Kier alpha value is -4.01. The molecule has 2 saturated carbocycles. The van der Waals surface area contributed by atoms with Crippen LogP contribution in [0, 0.1) is 17.3 Å². The van der Waals surface area contributed by atoms with Crippen LogP contribution in [0.2, 0.25) is 0 Å². The van der Waals surface area contributed by atoms with E-state index < -0.39 is 17.5 Å². The lowest BCUT2D eigenvalue weighted by Crippen LogP contribution is -2.45. The number of pyridine rings is 1.